The molecule has 194 valence electrons. The van der Waals surface area contributed by atoms with Gasteiger partial charge in [-0.1, -0.05) is 12.1 Å². The maximum atomic E-state index is 13.6. The van der Waals surface area contributed by atoms with Crippen LogP contribution in [0.3, 0.4) is 0 Å². The summed E-state index contributed by atoms with van der Waals surface area (Å²) in [6.07, 6.45) is -10.2. The van der Waals surface area contributed by atoms with E-state index in [2.05, 4.69) is 4.90 Å². The lowest BCUT2D eigenvalue weighted by molar-refractivity contribution is -0.143. The quantitative estimate of drug-likeness (QED) is 0.366. The second-order valence-electron chi connectivity index (χ2n) is 8.85. The predicted molar refractivity (Wildman–Crippen MR) is 116 cm³/mol. The Labute approximate surface area is 199 Å². The fourth-order valence-electron chi connectivity index (χ4n) is 4.67. The van der Waals surface area contributed by atoms with Crippen molar-refractivity contribution in [3.63, 3.8) is 0 Å². The highest BCUT2D eigenvalue weighted by Crippen LogP contribution is 2.43. The molecule has 0 spiro atoms. The van der Waals surface area contributed by atoms with Crippen LogP contribution in [0.5, 0.6) is 0 Å². The third kappa shape index (κ3) is 6.74. The van der Waals surface area contributed by atoms with Crippen LogP contribution in [0.4, 0.5) is 30.7 Å². The molecule has 0 radical (unpaired) electrons. The van der Waals surface area contributed by atoms with Gasteiger partial charge < -0.3 is 14.4 Å². The summed E-state index contributed by atoms with van der Waals surface area (Å²) in [6, 6.07) is 7.39. The molecule has 1 fully saturated rings. The molecule has 35 heavy (non-hydrogen) atoms. The lowest BCUT2D eigenvalue weighted by Gasteiger charge is -2.33. The summed E-state index contributed by atoms with van der Waals surface area (Å²) < 4.78 is 105. The second kappa shape index (κ2) is 10.8. The summed E-state index contributed by atoms with van der Waals surface area (Å²) in [6.45, 7) is 2.54. The van der Waals surface area contributed by atoms with Crippen molar-refractivity contribution in [1.29, 1.82) is 0 Å². The molecule has 0 N–H and O–H groups in total. The first-order valence-corrected chi connectivity index (χ1v) is 11.2. The second-order valence-corrected chi connectivity index (χ2v) is 8.85. The molecular formula is C25H28F7NO2. The van der Waals surface area contributed by atoms with E-state index in [9.17, 15) is 30.7 Å². The molecule has 0 unspecified atom stereocenters. The van der Waals surface area contributed by atoms with Gasteiger partial charge in [-0.15, -0.1) is 0 Å². The van der Waals surface area contributed by atoms with Gasteiger partial charge in [-0.2, -0.15) is 26.3 Å². The molecule has 3 nitrogen and oxygen atoms in total. The third-order valence-electron chi connectivity index (χ3n) is 6.49. The van der Waals surface area contributed by atoms with Gasteiger partial charge in [0.15, 0.2) is 0 Å². The molecule has 4 atom stereocenters. The smallest absolute Gasteiger partial charge is 0.383 e. The van der Waals surface area contributed by atoms with Crippen LogP contribution in [0.25, 0.3) is 0 Å². The average Bonchev–Trinajstić information content (AvgIpc) is 3.20. The number of benzene rings is 2. The predicted octanol–water partition coefficient (Wildman–Crippen LogP) is 6.83. The molecule has 0 heterocycles. The van der Waals surface area contributed by atoms with Crippen LogP contribution in [0.15, 0.2) is 42.5 Å². The first-order chi connectivity index (χ1) is 16.3. The number of nitrogens with zero attached hydrogens (tertiary/aromatic N) is 1. The van der Waals surface area contributed by atoms with Crippen molar-refractivity contribution in [2.24, 2.45) is 0 Å². The Hall–Kier alpha value is -2.17. The van der Waals surface area contributed by atoms with Crippen molar-refractivity contribution in [2.45, 2.75) is 56.3 Å². The highest BCUT2D eigenvalue weighted by atomic mass is 19.4. The minimum absolute atomic E-state index is 0.0277. The Morgan fingerprint density at radius 1 is 0.943 bits per heavy atom. The molecule has 1 saturated carbocycles. The van der Waals surface area contributed by atoms with Crippen LogP contribution in [0.1, 0.15) is 54.0 Å². The van der Waals surface area contributed by atoms with Crippen LogP contribution >= 0.6 is 0 Å². The minimum atomic E-state index is -4.94. The molecular weight excluding hydrogens is 479 g/mol. The highest BCUT2D eigenvalue weighted by molar-refractivity contribution is 5.35. The zero-order valence-electron chi connectivity index (χ0n) is 19.6. The standard InChI is InChI=1S/C25H28F7NO2/c1-15(17-12-18(24(27,28)29)14-19(13-17)25(30,31)32)35-22-9-8-21(33(2)10-11-34-3)23(22)16-4-6-20(26)7-5-16/h4-7,12-15,21-23H,8-11H2,1-3H3/t15-,21-,22+,23+/m1/s1. The lowest BCUT2D eigenvalue weighted by Crippen LogP contribution is -2.38. The van der Waals surface area contributed by atoms with E-state index in [0.717, 1.165) is 5.56 Å². The Morgan fingerprint density at radius 3 is 2.03 bits per heavy atom. The van der Waals surface area contributed by atoms with Gasteiger partial charge in [0.25, 0.3) is 0 Å². The Bertz CT molecular complexity index is 943. The normalized spacial score (nSPS) is 22.1. The molecule has 0 amide bonds. The number of hydrogen-bond donors (Lipinski definition) is 0. The summed E-state index contributed by atoms with van der Waals surface area (Å²) in [4.78, 5) is 2.08. The van der Waals surface area contributed by atoms with Crippen molar-refractivity contribution in [2.75, 3.05) is 27.3 Å². The van der Waals surface area contributed by atoms with Crippen molar-refractivity contribution >= 4 is 0 Å². The van der Waals surface area contributed by atoms with E-state index < -0.39 is 41.5 Å². The Balaban J connectivity index is 1.91. The Kier molecular flexibility index (Phi) is 8.49. The molecule has 2 aromatic rings. The molecule has 0 saturated heterocycles. The fourth-order valence-corrected chi connectivity index (χ4v) is 4.67. The van der Waals surface area contributed by atoms with Crippen molar-refractivity contribution in [3.05, 3.63) is 70.5 Å². The number of rotatable bonds is 8. The minimum Gasteiger partial charge on any atom is -0.383 e. The Morgan fingerprint density at radius 2 is 1.51 bits per heavy atom. The SMILES string of the molecule is COCCN(C)[C@@H]1CC[C@H](O[C@H](C)c2cc(C(F)(F)F)cc(C(F)(F)F)c2)[C@H]1c1ccc(F)cc1. The molecule has 0 aliphatic heterocycles. The fraction of sp³-hybridized carbons (Fsp3) is 0.520. The average molecular weight is 507 g/mol. The van der Waals surface area contributed by atoms with Crippen LogP contribution in [-0.2, 0) is 21.8 Å². The van der Waals surface area contributed by atoms with Gasteiger partial charge in [-0.25, -0.2) is 4.39 Å². The molecule has 0 aromatic heterocycles. The van der Waals surface area contributed by atoms with E-state index in [1.807, 2.05) is 7.05 Å². The largest absolute Gasteiger partial charge is 0.416 e. The maximum absolute atomic E-state index is 13.6. The summed E-state index contributed by atoms with van der Waals surface area (Å²) in [5.41, 5.74) is -2.18. The molecule has 1 aliphatic rings. The molecule has 1 aliphatic carbocycles. The van der Waals surface area contributed by atoms with Crippen LogP contribution < -0.4 is 0 Å². The zero-order chi connectivity index (χ0) is 26.0. The highest BCUT2D eigenvalue weighted by Gasteiger charge is 2.42. The summed E-state index contributed by atoms with van der Waals surface area (Å²) in [7, 11) is 3.49. The molecule has 2 aromatic carbocycles. The van der Waals surface area contributed by atoms with Crippen molar-refractivity contribution < 1.29 is 40.2 Å². The van der Waals surface area contributed by atoms with Crippen LogP contribution in [0.2, 0.25) is 0 Å². The van der Waals surface area contributed by atoms with Gasteiger partial charge in [-0.3, -0.25) is 0 Å². The summed E-state index contributed by atoms with van der Waals surface area (Å²) in [5.74, 6) is -0.668. The zero-order valence-corrected chi connectivity index (χ0v) is 19.6. The number of methoxy groups -OCH3 is 1. The van der Waals surface area contributed by atoms with E-state index in [1.165, 1.54) is 19.1 Å². The van der Waals surface area contributed by atoms with Crippen LogP contribution in [-0.4, -0.2) is 44.4 Å². The van der Waals surface area contributed by atoms with E-state index >= 15 is 0 Å². The first kappa shape index (κ1) is 27.4. The van der Waals surface area contributed by atoms with Crippen LogP contribution in [0, 0.1) is 5.82 Å². The van der Waals surface area contributed by atoms with Gasteiger partial charge in [0.1, 0.15) is 5.82 Å². The van der Waals surface area contributed by atoms with Gasteiger partial charge in [0.2, 0.25) is 0 Å². The molecule has 3 rings (SSSR count). The van der Waals surface area contributed by atoms with E-state index in [1.54, 1.807) is 19.2 Å². The first-order valence-electron chi connectivity index (χ1n) is 11.2. The summed E-state index contributed by atoms with van der Waals surface area (Å²) >= 11 is 0. The van der Waals surface area contributed by atoms with E-state index in [4.69, 9.17) is 9.47 Å². The number of halogens is 7. The van der Waals surface area contributed by atoms with E-state index in [0.29, 0.717) is 38.1 Å². The van der Waals surface area contributed by atoms with Gasteiger partial charge >= 0.3 is 12.4 Å². The van der Waals surface area contributed by atoms with Crippen molar-refractivity contribution in [3.8, 4) is 0 Å². The molecule has 0 bridgehead atoms. The van der Waals surface area contributed by atoms with Gasteiger partial charge in [-0.05, 0) is 68.3 Å². The maximum Gasteiger partial charge on any atom is 0.416 e. The van der Waals surface area contributed by atoms with Crippen molar-refractivity contribution in [1.82, 2.24) is 4.90 Å². The van der Waals surface area contributed by atoms with E-state index in [-0.39, 0.29) is 23.6 Å². The lowest BCUT2D eigenvalue weighted by atomic mass is 9.91. The topological polar surface area (TPSA) is 21.7 Å². The van der Waals surface area contributed by atoms with Gasteiger partial charge in [0, 0.05) is 25.6 Å². The van der Waals surface area contributed by atoms with Gasteiger partial charge in [0.05, 0.1) is 29.9 Å². The number of hydrogen-bond acceptors (Lipinski definition) is 3. The number of alkyl halides is 6. The number of ether oxygens (including phenoxy) is 2. The monoisotopic (exact) mass is 507 g/mol. The molecule has 10 heteroatoms. The third-order valence-corrected chi connectivity index (χ3v) is 6.49. The number of likely N-dealkylation sites (N-methyl/N-ethyl adjacent to an activating group) is 1. The summed E-state index contributed by atoms with van der Waals surface area (Å²) in [5, 5.41) is 0.